The maximum absolute atomic E-state index is 13.2. The van der Waals surface area contributed by atoms with Crippen LogP contribution >= 0.6 is 23.2 Å². The quantitative estimate of drug-likeness (QED) is 0.419. The fourth-order valence-corrected chi connectivity index (χ4v) is 4.49. The Kier molecular flexibility index (Phi) is 7.10. The molecule has 0 aromatic heterocycles. The molecule has 0 saturated heterocycles. The molecule has 0 radical (unpaired) electrons. The van der Waals surface area contributed by atoms with Gasteiger partial charge in [-0.15, -0.1) is 0 Å². The van der Waals surface area contributed by atoms with Gasteiger partial charge in [0.25, 0.3) is 15.9 Å². The van der Waals surface area contributed by atoms with Gasteiger partial charge in [0.1, 0.15) is 6.54 Å². The first-order valence-electron chi connectivity index (χ1n) is 8.78. The van der Waals surface area contributed by atoms with Gasteiger partial charge in [0.2, 0.25) is 0 Å². The van der Waals surface area contributed by atoms with Gasteiger partial charge in [-0.05, 0) is 29.8 Å². The molecule has 0 bridgehead atoms. The van der Waals surface area contributed by atoms with E-state index < -0.39 is 22.5 Å². The number of carbonyl (C=O) groups excluding carboxylic acids is 1. The molecule has 154 valence electrons. The number of anilines is 1. The monoisotopic (exact) mass is 461 g/mol. The Morgan fingerprint density at radius 1 is 0.933 bits per heavy atom. The summed E-state index contributed by atoms with van der Waals surface area (Å²) in [6.45, 7) is -0.538. The molecule has 3 aromatic carbocycles. The van der Waals surface area contributed by atoms with Gasteiger partial charge in [0, 0.05) is 0 Å². The highest BCUT2D eigenvalue weighted by Gasteiger charge is 2.29. The topological polar surface area (TPSA) is 78.8 Å². The summed E-state index contributed by atoms with van der Waals surface area (Å²) < 4.78 is 27.4. The summed E-state index contributed by atoms with van der Waals surface area (Å²) in [5, 5.41) is 4.08. The third-order valence-electron chi connectivity index (χ3n) is 4.02. The van der Waals surface area contributed by atoms with Crippen molar-refractivity contribution in [3.8, 4) is 0 Å². The van der Waals surface area contributed by atoms with Crippen molar-refractivity contribution >= 4 is 51.0 Å². The van der Waals surface area contributed by atoms with E-state index in [1.807, 2.05) is 30.3 Å². The minimum absolute atomic E-state index is 0.0154. The number of rotatable bonds is 7. The van der Waals surface area contributed by atoms with Gasteiger partial charge in [-0.1, -0.05) is 77.8 Å². The largest absolute Gasteiger partial charge is 0.271 e. The highest BCUT2D eigenvalue weighted by molar-refractivity contribution is 7.92. The summed E-state index contributed by atoms with van der Waals surface area (Å²) >= 11 is 12.3. The second-order valence-corrected chi connectivity index (χ2v) is 8.75. The van der Waals surface area contributed by atoms with Gasteiger partial charge in [-0.2, -0.15) is 5.10 Å². The van der Waals surface area contributed by atoms with Crippen molar-refractivity contribution in [3.63, 3.8) is 0 Å². The molecule has 0 saturated carbocycles. The fourth-order valence-electron chi connectivity index (χ4n) is 2.59. The van der Waals surface area contributed by atoms with Crippen LogP contribution in [0.4, 0.5) is 5.69 Å². The predicted octanol–water partition coefficient (Wildman–Crippen LogP) is 4.34. The fraction of sp³-hybridized carbons (Fsp3) is 0.0476. The lowest BCUT2D eigenvalue weighted by Gasteiger charge is -2.24. The van der Waals surface area contributed by atoms with Crippen LogP contribution in [0, 0.1) is 0 Å². The molecule has 0 aliphatic carbocycles. The molecular formula is C21H17Cl2N3O3S. The number of halogens is 2. The van der Waals surface area contributed by atoms with Crippen molar-refractivity contribution in [2.24, 2.45) is 5.10 Å². The molecule has 0 unspecified atom stereocenters. The summed E-state index contributed by atoms with van der Waals surface area (Å²) in [6.07, 6.45) is 1.46. The molecule has 30 heavy (non-hydrogen) atoms. The van der Waals surface area contributed by atoms with E-state index >= 15 is 0 Å². The molecule has 1 amide bonds. The van der Waals surface area contributed by atoms with E-state index in [9.17, 15) is 13.2 Å². The van der Waals surface area contributed by atoms with E-state index in [1.54, 1.807) is 24.3 Å². The first kappa shape index (κ1) is 21.8. The van der Waals surface area contributed by atoms with E-state index in [4.69, 9.17) is 23.2 Å². The first-order valence-corrected chi connectivity index (χ1v) is 11.0. The third kappa shape index (κ3) is 5.18. The minimum atomic E-state index is -4.09. The molecular weight excluding hydrogens is 445 g/mol. The number of hydrazone groups is 1. The molecule has 0 atom stereocenters. The Morgan fingerprint density at radius 3 is 2.23 bits per heavy atom. The van der Waals surface area contributed by atoms with Crippen LogP contribution in [0.3, 0.4) is 0 Å². The number of carbonyl (C=O) groups is 1. The number of hydrogen-bond acceptors (Lipinski definition) is 4. The number of hydrogen-bond donors (Lipinski definition) is 1. The molecule has 3 aromatic rings. The zero-order chi connectivity index (χ0) is 21.6. The van der Waals surface area contributed by atoms with Gasteiger partial charge in [0.15, 0.2) is 0 Å². The van der Waals surface area contributed by atoms with Crippen LogP contribution < -0.4 is 9.73 Å². The van der Waals surface area contributed by atoms with Gasteiger partial charge < -0.3 is 0 Å². The van der Waals surface area contributed by atoms with Crippen LogP contribution in [0.25, 0.3) is 0 Å². The summed E-state index contributed by atoms with van der Waals surface area (Å²) in [4.78, 5) is 12.5. The Hall–Kier alpha value is -2.87. The van der Waals surface area contributed by atoms with Crippen LogP contribution in [-0.2, 0) is 14.8 Å². The summed E-state index contributed by atoms with van der Waals surface area (Å²) in [6, 6.07) is 21.5. The standard InChI is InChI=1S/C21H17Cl2N3O3S/c22-18-12-7-13-19(21(18)23)26(30(28,29)17-10-5-2-6-11-17)15-20(27)25-24-14-16-8-3-1-4-9-16/h1-14H,15H2,(H,25,27)/b24-14+. The average molecular weight is 462 g/mol. The van der Waals surface area contributed by atoms with Crippen LogP contribution in [0.5, 0.6) is 0 Å². The third-order valence-corrected chi connectivity index (χ3v) is 6.60. The van der Waals surface area contributed by atoms with Crippen molar-refractivity contribution in [1.82, 2.24) is 5.43 Å². The SMILES string of the molecule is O=C(CN(c1cccc(Cl)c1Cl)S(=O)(=O)c1ccccc1)N/N=C/c1ccccc1. The summed E-state index contributed by atoms with van der Waals surface area (Å²) in [5.74, 6) is -0.641. The van der Waals surface area contributed by atoms with Gasteiger partial charge in [-0.25, -0.2) is 13.8 Å². The molecule has 0 heterocycles. The van der Waals surface area contributed by atoms with Crippen molar-refractivity contribution in [3.05, 3.63) is 94.5 Å². The van der Waals surface area contributed by atoms with Crippen molar-refractivity contribution < 1.29 is 13.2 Å². The van der Waals surface area contributed by atoms with Crippen molar-refractivity contribution in [2.75, 3.05) is 10.8 Å². The number of sulfonamides is 1. The molecule has 6 nitrogen and oxygen atoms in total. The van der Waals surface area contributed by atoms with Gasteiger partial charge in [0.05, 0.1) is 26.8 Å². The lowest BCUT2D eigenvalue weighted by Crippen LogP contribution is -2.39. The maximum atomic E-state index is 13.2. The first-order chi connectivity index (χ1) is 14.4. The lowest BCUT2D eigenvalue weighted by atomic mass is 10.2. The molecule has 0 aliphatic rings. The van der Waals surface area contributed by atoms with Crippen LogP contribution in [-0.4, -0.2) is 27.1 Å². The normalized spacial score (nSPS) is 11.4. The molecule has 0 aliphatic heterocycles. The number of nitrogens with one attached hydrogen (secondary N) is 1. The van der Waals surface area contributed by atoms with E-state index in [1.165, 1.54) is 30.5 Å². The van der Waals surface area contributed by atoms with Crippen LogP contribution in [0.15, 0.2) is 88.9 Å². The zero-order valence-corrected chi connectivity index (χ0v) is 17.9. The van der Waals surface area contributed by atoms with Crippen LogP contribution in [0.2, 0.25) is 10.0 Å². The van der Waals surface area contributed by atoms with E-state index in [2.05, 4.69) is 10.5 Å². The van der Waals surface area contributed by atoms with Gasteiger partial charge in [-0.3, -0.25) is 9.10 Å². The molecule has 1 N–H and O–H groups in total. The Balaban J connectivity index is 1.89. The highest BCUT2D eigenvalue weighted by atomic mass is 35.5. The highest BCUT2D eigenvalue weighted by Crippen LogP contribution is 2.35. The molecule has 3 rings (SSSR count). The second-order valence-electron chi connectivity index (χ2n) is 6.10. The summed E-state index contributed by atoms with van der Waals surface area (Å²) in [5.41, 5.74) is 3.21. The lowest BCUT2D eigenvalue weighted by molar-refractivity contribution is -0.119. The van der Waals surface area contributed by atoms with E-state index in [0.717, 1.165) is 9.87 Å². The summed E-state index contributed by atoms with van der Waals surface area (Å²) in [7, 11) is -4.09. The number of amides is 1. The van der Waals surface area contributed by atoms with Crippen molar-refractivity contribution in [2.45, 2.75) is 4.90 Å². The second kappa shape index (κ2) is 9.75. The van der Waals surface area contributed by atoms with E-state index in [-0.39, 0.29) is 20.6 Å². The number of benzene rings is 3. The molecule has 0 spiro atoms. The Morgan fingerprint density at radius 2 is 1.57 bits per heavy atom. The van der Waals surface area contributed by atoms with E-state index in [0.29, 0.717) is 0 Å². The Bertz CT molecular complexity index is 1150. The van der Waals surface area contributed by atoms with Crippen LogP contribution in [0.1, 0.15) is 5.56 Å². The van der Waals surface area contributed by atoms with Gasteiger partial charge >= 0.3 is 0 Å². The predicted molar refractivity (Wildman–Crippen MR) is 120 cm³/mol. The smallest absolute Gasteiger partial charge is 0.264 e. The van der Waals surface area contributed by atoms with Crippen molar-refractivity contribution in [1.29, 1.82) is 0 Å². The minimum Gasteiger partial charge on any atom is -0.271 e. The average Bonchev–Trinajstić information content (AvgIpc) is 2.75. The molecule has 0 fully saturated rings. The Labute approximate surface area is 184 Å². The molecule has 9 heteroatoms. The number of nitrogens with zero attached hydrogens (tertiary/aromatic N) is 2. The zero-order valence-electron chi connectivity index (χ0n) is 15.6. The maximum Gasteiger partial charge on any atom is 0.264 e.